The third-order valence-electron chi connectivity index (χ3n) is 3.56. The molecule has 2 aromatic carbocycles. The van der Waals surface area contributed by atoms with E-state index in [1.807, 2.05) is 48.5 Å². The number of hydrogen-bond donors (Lipinski definition) is 0. The molecular weight excluding hydrogens is 425 g/mol. The summed E-state index contributed by atoms with van der Waals surface area (Å²) in [5.74, 6) is -0.417. The number of esters is 1. The largest absolute Gasteiger partial charge is 0.469 e. The van der Waals surface area contributed by atoms with Crippen molar-refractivity contribution in [3.63, 3.8) is 0 Å². The normalized spacial score (nSPS) is 16.9. The zero-order valence-corrected chi connectivity index (χ0v) is 15.3. The molecule has 0 bridgehead atoms. The third kappa shape index (κ3) is 3.37. The van der Waals surface area contributed by atoms with Crippen molar-refractivity contribution < 1.29 is 14.3 Å². The van der Waals surface area contributed by atoms with Gasteiger partial charge in [-0.25, -0.2) is 0 Å². The van der Waals surface area contributed by atoms with Crippen molar-refractivity contribution >= 4 is 51.9 Å². The van der Waals surface area contributed by atoms with Gasteiger partial charge in [-0.15, -0.1) is 0 Å². The van der Waals surface area contributed by atoms with Crippen molar-refractivity contribution in [3.8, 4) is 0 Å². The molecule has 1 aliphatic heterocycles. The number of benzene rings is 2. The fourth-order valence-electron chi connectivity index (χ4n) is 2.45. The summed E-state index contributed by atoms with van der Waals surface area (Å²) >= 11 is 3.74. The molecule has 1 amide bonds. The Balaban J connectivity index is 2.02. The van der Waals surface area contributed by atoms with Crippen molar-refractivity contribution in [1.29, 1.82) is 0 Å². The lowest BCUT2D eigenvalue weighted by Gasteiger charge is -2.35. The van der Waals surface area contributed by atoms with Crippen LogP contribution in [0.25, 0.3) is 0 Å². The molecule has 23 heavy (non-hydrogen) atoms. The van der Waals surface area contributed by atoms with Gasteiger partial charge >= 0.3 is 5.97 Å². The van der Waals surface area contributed by atoms with Crippen LogP contribution in [-0.4, -0.2) is 24.4 Å². The molecule has 0 aromatic heterocycles. The zero-order chi connectivity index (χ0) is 16.4. The molecule has 0 spiro atoms. The highest BCUT2D eigenvalue weighted by Crippen LogP contribution is 2.39. The van der Waals surface area contributed by atoms with Crippen LogP contribution in [0.4, 0.5) is 5.69 Å². The molecule has 0 radical (unpaired) electrons. The molecule has 0 fully saturated rings. The number of nitrogens with zero attached hydrogens (tertiary/aromatic N) is 1. The third-order valence-corrected chi connectivity index (χ3v) is 5.54. The van der Waals surface area contributed by atoms with Gasteiger partial charge in [0.1, 0.15) is 0 Å². The molecule has 1 heterocycles. The SMILES string of the molecule is COC(=O)CC1Sc2ccccc2C(=O)N1c1ccc(I)cc1. The Bertz CT molecular complexity index is 748. The lowest BCUT2D eigenvalue weighted by Crippen LogP contribution is -2.43. The van der Waals surface area contributed by atoms with Crippen molar-refractivity contribution in [2.75, 3.05) is 12.0 Å². The summed E-state index contributed by atoms with van der Waals surface area (Å²) in [6.07, 6.45) is 0.146. The smallest absolute Gasteiger partial charge is 0.308 e. The Hall–Kier alpha value is -1.54. The number of fused-ring (bicyclic) bond motifs is 1. The Morgan fingerprint density at radius 1 is 1.22 bits per heavy atom. The number of rotatable bonds is 3. The first-order valence-corrected chi connectivity index (χ1v) is 8.97. The number of anilines is 1. The van der Waals surface area contributed by atoms with E-state index in [2.05, 4.69) is 22.6 Å². The Morgan fingerprint density at radius 2 is 1.91 bits per heavy atom. The van der Waals surface area contributed by atoms with Gasteiger partial charge in [0.05, 0.1) is 24.5 Å². The minimum Gasteiger partial charge on any atom is -0.469 e. The second-order valence-corrected chi connectivity index (χ2v) is 7.47. The van der Waals surface area contributed by atoms with Crippen LogP contribution < -0.4 is 4.90 Å². The molecule has 1 aliphatic rings. The van der Waals surface area contributed by atoms with Crippen molar-refractivity contribution in [2.24, 2.45) is 0 Å². The van der Waals surface area contributed by atoms with Crippen LogP contribution in [0.1, 0.15) is 16.8 Å². The summed E-state index contributed by atoms with van der Waals surface area (Å²) in [5, 5.41) is -0.315. The fraction of sp³-hybridized carbons (Fsp3) is 0.176. The summed E-state index contributed by atoms with van der Waals surface area (Å²) in [6.45, 7) is 0. The van der Waals surface area contributed by atoms with E-state index in [1.54, 1.807) is 4.90 Å². The topological polar surface area (TPSA) is 46.6 Å². The Labute approximate surface area is 152 Å². The van der Waals surface area contributed by atoms with Crippen molar-refractivity contribution in [3.05, 3.63) is 57.7 Å². The van der Waals surface area contributed by atoms with E-state index >= 15 is 0 Å². The molecule has 0 saturated heterocycles. The first kappa shape index (κ1) is 16.3. The van der Waals surface area contributed by atoms with E-state index in [4.69, 9.17) is 4.74 Å². The van der Waals surface area contributed by atoms with Crippen LogP contribution in [0.3, 0.4) is 0 Å². The second kappa shape index (κ2) is 6.92. The van der Waals surface area contributed by atoms with Gasteiger partial charge in [-0.05, 0) is 59.0 Å². The number of halogens is 1. The van der Waals surface area contributed by atoms with E-state index in [-0.39, 0.29) is 23.7 Å². The Kier molecular flexibility index (Phi) is 4.91. The maximum atomic E-state index is 12.9. The molecule has 1 unspecified atom stereocenters. The molecule has 3 rings (SSSR count). The van der Waals surface area contributed by atoms with E-state index in [1.165, 1.54) is 18.9 Å². The van der Waals surface area contributed by atoms with E-state index < -0.39 is 0 Å². The molecule has 6 heteroatoms. The quantitative estimate of drug-likeness (QED) is 0.537. The highest BCUT2D eigenvalue weighted by molar-refractivity contribution is 14.1. The molecular formula is C17H14INO3S. The summed E-state index contributed by atoms with van der Waals surface area (Å²) in [5.41, 5.74) is 1.45. The minimum atomic E-state index is -0.329. The van der Waals surface area contributed by atoms with Crippen LogP contribution in [0, 0.1) is 3.57 Å². The van der Waals surface area contributed by atoms with E-state index in [0.717, 1.165) is 14.2 Å². The number of carbonyl (C=O) groups is 2. The number of amides is 1. The number of methoxy groups -OCH3 is 1. The van der Waals surface area contributed by atoms with Crippen LogP contribution in [0.15, 0.2) is 53.4 Å². The van der Waals surface area contributed by atoms with Gasteiger partial charge in [0.2, 0.25) is 0 Å². The molecule has 118 valence electrons. The molecule has 1 atom stereocenters. The summed E-state index contributed by atoms with van der Waals surface area (Å²) in [6, 6.07) is 15.2. The average molecular weight is 439 g/mol. The monoisotopic (exact) mass is 439 g/mol. The van der Waals surface area contributed by atoms with Gasteiger partial charge in [-0.3, -0.25) is 14.5 Å². The standard InChI is InChI=1S/C17H14INO3S/c1-22-16(20)10-15-19(12-8-6-11(18)7-9-12)17(21)13-4-2-3-5-14(13)23-15/h2-9,15H,10H2,1H3. The van der Waals surface area contributed by atoms with E-state index in [0.29, 0.717) is 5.56 Å². The van der Waals surface area contributed by atoms with Gasteiger partial charge in [-0.2, -0.15) is 0 Å². The highest BCUT2D eigenvalue weighted by Gasteiger charge is 2.35. The lowest BCUT2D eigenvalue weighted by atomic mass is 10.1. The van der Waals surface area contributed by atoms with Crippen molar-refractivity contribution in [1.82, 2.24) is 0 Å². The number of hydrogen-bond acceptors (Lipinski definition) is 4. The van der Waals surface area contributed by atoms with Crippen LogP contribution >= 0.6 is 34.4 Å². The minimum absolute atomic E-state index is 0.0885. The van der Waals surface area contributed by atoms with Crippen LogP contribution in [-0.2, 0) is 9.53 Å². The molecule has 4 nitrogen and oxygen atoms in total. The first-order valence-electron chi connectivity index (χ1n) is 7.02. The van der Waals surface area contributed by atoms with Gasteiger partial charge < -0.3 is 4.74 Å². The molecule has 0 saturated carbocycles. The van der Waals surface area contributed by atoms with E-state index in [9.17, 15) is 9.59 Å². The van der Waals surface area contributed by atoms with Crippen molar-refractivity contribution in [2.45, 2.75) is 16.7 Å². The fourth-order valence-corrected chi connectivity index (χ4v) is 4.08. The van der Waals surface area contributed by atoms with Crippen LogP contribution in [0.2, 0.25) is 0 Å². The van der Waals surface area contributed by atoms with Gasteiger partial charge in [-0.1, -0.05) is 23.9 Å². The van der Waals surface area contributed by atoms with Crippen LogP contribution in [0.5, 0.6) is 0 Å². The first-order chi connectivity index (χ1) is 11.1. The predicted octanol–water partition coefficient (Wildman–Crippen LogP) is 3.93. The Morgan fingerprint density at radius 3 is 2.61 bits per heavy atom. The molecule has 0 N–H and O–H groups in total. The number of thioether (sulfide) groups is 1. The predicted molar refractivity (Wildman–Crippen MR) is 98.7 cm³/mol. The maximum Gasteiger partial charge on any atom is 0.308 e. The highest BCUT2D eigenvalue weighted by atomic mass is 127. The molecule has 2 aromatic rings. The summed E-state index contributed by atoms with van der Waals surface area (Å²) in [4.78, 5) is 27.3. The molecule has 0 aliphatic carbocycles. The average Bonchev–Trinajstić information content (AvgIpc) is 2.56. The zero-order valence-electron chi connectivity index (χ0n) is 12.4. The van der Waals surface area contributed by atoms with Gasteiger partial charge in [0.15, 0.2) is 0 Å². The summed E-state index contributed by atoms with van der Waals surface area (Å²) in [7, 11) is 1.36. The lowest BCUT2D eigenvalue weighted by molar-refractivity contribution is -0.140. The van der Waals surface area contributed by atoms with Gasteiger partial charge in [0.25, 0.3) is 5.91 Å². The second-order valence-electron chi connectivity index (χ2n) is 5.00. The number of ether oxygens (including phenoxy) is 1. The maximum absolute atomic E-state index is 12.9. The van der Waals surface area contributed by atoms with Gasteiger partial charge in [0, 0.05) is 14.2 Å². The number of carbonyl (C=O) groups excluding carboxylic acids is 2. The summed E-state index contributed by atoms with van der Waals surface area (Å²) < 4.78 is 5.88.